The fraction of sp³-hybridized carbons (Fsp3) is 0.227. The van der Waals surface area contributed by atoms with Gasteiger partial charge in [0.2, 0.25) is 0 Å². The van der Waals surface area contributed by atoms with Crippen LogP contribution in [-0.2, 0) is 19.4 Å². The number of aromatic hydroxyl groups is 1. The fourth-order valence-electron chi connectivity index (χ4n) is 3.95. The third-order valence-electron chi connectivity index (χ3n) is 5.52. The van der Waals surface area contributed by atoms with Crippen molar-refractivity contribution in [3.05, 3.63) is 59.6 Å². The number of hydrogen-bond acceptors (Lipinski definition) is 4. The molecule has 0 saturated carbocycles. The van der Waals surface area contributed by atoms with Crippen molar-refractivity contribution in [1.82, 2.24) is 25.1 Å². The van der Waals surface area contributed by atoms with Gasteiger partial charge in [0.1, 0.15) is 5.69 Å². The molecule has 29 heavy (non-hydrogen) atoms. The second-order valence-corrected chi connectivity index (χ2v) is 7.46. The summed E-state index contributed by atoms with van der Waals surface area (Å²) >= 11 is 0. The van der Waals surface area contributed by atoms with Gasteiger partial charge in [-0.2, -0.15) is 5.10 Å². The zero-order valence-corrected chi connectivity index (χ0v) is 16.3. The molecule has 7 heteroatoms. The summed E-state index contributed by atoms with van der Waals surface area (Å²) in [5, 5.41) is 18.2. The smallest absolute Gasteiger partial charge is 0.165 e. The Bertz CT molecular complexity index is 1230. The molecule has 0 atom stereocenters. The van der Waals surface area contributed by atoms with Crippen molar-refractivity contribution < 1.29 is 9.50 Å². The summed E-state index contributed by atoms with van der Waals surface area (Å²) in [6, 6.07) is 8.78. The van der Waals surface area contributed by atoms with Gasteiger partial charge in [-0.3, -0.25) is 10.00 Å². The van der Waals surface area contributed by atoms with E-state index in [1.807, 2.05) is 32.2 Å². The number of fused-ring (bicyclic) bond motifs is 2. The molecule has 0 bridgehead atoms. The summed E-state index contributed by atoms with van der Waals surface area (Å²) < 4.78 is 14.0. The van der Waals surface area contributed by atoms with Gasteiger partial charge in [-0.05, 0) is 54.4 Å². The molecule has 0 fully saturated rings. The summed E-state index contributed by atoms with van der Waals surface area (Å²) in [4.78, 5) is 10.3. The first-order valence-electron chi connectivity index (χ1n) is 9.65. The first kappa shape index (κ1) is 17.9. The SMILES string of the molecule is CCc1cc(O)c(F)cc1-c1ccc2c(-c3nc4c([nH]3)CN(C)[CH]C4)n[nH]c2c1. The molecule has 0 spiro atoms. The number of aromatic amines is 2. The predicted octanol–water partition coefficient (Wildman–Crippen LogP) is 4.18. The summed E-state index contributed by atoms with van der Waals surface area (Å²) in [5.74, 6) is -0.187. The minimum absolute atomic E-state index is 0.319. The Hall–Kier alpha value is -3.19. The molecule has 3 N–H and O–H groups in total. The van der Waals surface area contributed by atoms with Gasteiger partial charge < -0.3 is 10.1 Å². The van der Waals surface area contributed by atoms with Crippen LogP contribution in [0.15, 0.2) is 30.3 Å². The van der Waals surface area contributed by atoms with Crippen LogP contribution in [0, 0.1) is 12.4 Å². The highest BCUT2D eigenvalue weighted by Gasteiger charge is 2.21. The van der Waals surface area contributed by atoms with Crippen molar-refractivity contribution in [2.45, 2.75) is 26.3 Å². The van der Waals surface area contributed by atoms with E-state index in [9.17, 15) is 9.50 Å². The van der Waals surface area contributed by atoms with Gasteiger partial charge in [0.25, 0.3) is 0 Å². The number of likely N-dealkylation sites (N-methyl/N-ethyl adjacent to an activating group) is 1. The zero-order valence-electron chi connectivity index (χ0n) is 16.3. The van der Waals surface area contributed by atoms with Crippen LogP contribution < -0.4 is 0 Å². The molecule has 6 nitrogen and oxygen atoms in total. The number of aryl methyl sites for hydroxylation is 1. The molecular weight excluding hydrogens is 369 g/mol. The highest BCUT2D eigenvalue weighted by Crippen LogP contribution is 2.34. The summed E-state index contributed by atoms with van der Waals surface area (Å²) in [7, 11) is 2.05. The van der Waals surface area contributed by atoms with Gasteiger partial charge in [0, 0.05) is 24.9 Å². The first-order chi connectivity index (χ1) is 14.0. The summed E-state index contributed by atoms with van der Waals surface area (Å²) in [6.07, 6.45) is 1.50. The zero-order chi connectivity index (χ0) is 20.1. The number of H-pyrrole nitrogens is 2. The molecule has 0 unspecified atom stereocenters. The molecule has 2 aromatic carbocycles. The van der Waals surface area contributed by atoms with E-state index in [1.54, 1.807) is 0 Å². The van der Waals surface area contributed by atoms with Crippen LogP contribution in [0.3, 0.4) is 0 Å². The van der Waals surface area contributed by atoms with E-state index in [0.29, 0.717) is 6.42 Å². The summed E-state index contributed by atoms with van der Waals surface area (Å²) in [5.41, 5.74) is 6.33. The maximum Gasteiger partial charge on any atom is 0.165 e. The average molecular weight is 390 g/mol. The molecule has 147 valence electrons. The van der Waals surface area contributed by atoms with Crippen molar-refractivity contribution in [1.29, 1.82) is 0 Å². The normalized spacial score (nSPS) is 14.4. The third-order valence-corrected chi connectivity index (χ3v) is 5.52. The minimum atomic E-state index is -0.620. The molecule has 3 heterocycles. The number of nitrogens with zero attached hydrogens (tertiary/aromatic N) is 3. The molecule has 0 amide bonds. The second kappa shape index (κ2) is 6.70. The summed E-state index contributed by atoms with van der Waals surface area (Å²) in [6.45, 7) is 4.92. The monoisotopic (exact) mass is 390 g/mol. The topological polar surface area (TPSA) is 80.8 Å². The fourth-order valence-corrected chi connectivity index (χ4v) is 3.95. The lowest BCUT2D eigenvalue weighted by atomic mass is 9.96. The quantitative estimate of drug-likeness (QED) is 0.490. The lowest BCUT2D eigenvalue weighted by Gasteiger charge is -2.19. The number of phenols is 1. The Morgan fingerprint density at radius 3 is 2.93 bits per heavy atom. The van der Waals surface area contributed by atoms with Crippen molar-refractivity contribution in [2.24, 2.45) is 0 Å². The van der Waals surface area contributed by atoms with E-state index in [-0.39, 0.29) is 5.75 Å². The molecule has 0 saturated heterocycles. The van der Waals surface area contributed by atoms with E-state index in [2.05, 4.69) is 26.6 Å². The van der Waals surface area contributed by atoms with Crippen molar-refractivity contribution >= 4 is 10.9 Å². The van der Waals surface area contributed by atoms with Gasteiger partial charge in [-0.15, -0.1) is 0 Å². The van der Waals surface area contributed by atoms with Crippen LogP contribution in [0.25, 0.3) is 33.5 Å². The van der Waals surface area contributed by atoms with Gasteiger partial charge in [0.05, 0.1) is 16.9 Å². The number of hydrogen-bond donors (Lipinski definition) is 3. The highest BCUT2D eigenvalue weighted by atomic mass is 19.1. The number of phenolic OH excluding ortho intramolecular Hbond substituents is 1. The second-order valence-electron chi connectivity index (χ2n) is 7.46. The molecule has 2 aromatic heterocycles. The van der Waals surface area contributed by atoms with Crippen molar-refractivity contribution in [2.75, 3.05) is 7.05 Å². The molecular formula is C22H21FN5O. The molecule has 1 aliphatic heterocycles. The molecule has 0 aliphatic carbocycles. The molecule has 1 aliphatic rings. The van der Waals surface area contributed by atoms with Crippen LogP contribution in [0.1, 0.15) is 23.9 Å². The van der Waals surface area contributed by atoms with Gasteiger partial charge in [-0.1, -0.05) is 13.0 Å². The number of halogens is 1. The maximum atomic E-state index is 14.0. The van der Waals surface area contributed by atoms with Crippen LogP contribution >= 0.6 is 0 Å². The Morgan fingerprint density at radius 2 is 2.10 bits per heavy atom. The number of benzene rings is 2. The van der Waals surface area contributed by atoms with E-state index in [0.717, 1.165) is 63.5 Å². The van der Waals surface area contributed by atoms with Crippen molar-refractivity contribution in [3.8, 4) is 28.4 Å². The number of rotatable bonds is 3. The Kier molecular flexibility index (Phi) is 4.13. The van der Waals surface area contributed by atoms with E-state index < -0.39 is 5.82 Å². The van der Waals surface area contributed by atoms with Gasteiger partial charge in [-0.25, -0.2) is 9.37 Å². The van der Waals surface area contributed by atoms with Crippen LogP contribution in [0.2, 0.25) is 0 Å². The Morgan fingerprint density at radius 1 is 1.24 bits per heavy atom. The standard InChI is InChI=1S/C22H21FN5O/c1-3-12-9-20(29)16(23)10-15(12)13-4-5-14-18(8-13)26-27-21(14)22-24-17-6-7-28(2)11-19(17)25-22/h4-5,7-10,29H,3,6,11H2,1-2H3,(H,24,25)(H,26,27). The third kappa shape index (κ3) is 2.98. The molecule has 5 rings (SSSR count). The molecule has 1 radical (unpaired) electrons. The predicted molar refractivity (Wildman–Crippen MR) is 110 cm³/mol. The molecule has 4 aromatic rings. The highest BCUT2D eigenvalue weighted by molar-refractivity contribution is 5.94. The van der Waals surface area contributed by atoms with Crippen LogP contribution in [0.5, 0.6) is 5.75 Å². The first-order valence-corrected chi connectivity index (χ1v) is 9.65. The number of imidazole rings is 1. The van der Waals surface area contributed by atoms with Gasteiger partial charge in [0.15, 0.2) is 17.4 Å². The largest absolute Gasteiger partial charge is 0.505 e. The lowest BCUT2D eigenvalue weighted by Crippen LogP contribution is -2.21. The van der Waals surface area contributed by atoms with Crippen LogP contribution in [0.4, 0.5) is 4.39 Å². The number of aromatic nitrogens is 4. The average Bonchev–Trinajstić information content (AvgIpc) is 3.32. The Balaban J connectivity index is 1.57. The van der Waals surface area contributed by atoms with Crippen LogP contribution in [-0.4, -0.2) is 37.2 Å². The Labute approximate surface area is 167 Å². The minimum Gasteiger partial charge on any atom is -0.505 e. The van der Waals surface area contributed by atoms with E-state index in [1.165, 1.54) is 12.1 Å². The lowest BCUT2D eigenvalue weighted by molar-refractivity contribution is 0.368. The maximum absolute atomic E-state index is 14.0. The van der Waals surface area contributed by atoms with E-state index in [4.69, 9.17) is 4.98 Å². The number of nitrogens with one attached hydrogen (secondary N) is 2. The van der Waals surface area contributed by atoms with E-state index >= 15 is 0 Å². The van der Waals surface area contributed by atoms with Gasteiger partial charge >= 0.3 is 0 Å². The van der Waals surface area contributed by atoms with Crippen molar-refractivity contribution in [3.63, 3.8) is 0 Å².